The topological polar surface area (TPSA) is 118 Å². The molecule has 7 heteroatoms. The molecule has 0 saturated heterocycles. The summed E-state index contributed by atoms with van der Waals surface area (Å²) in [6.07, 6.45) is -1.75. The number of hydrogen-bond acceptors (Lipinski definition) is 5. The Morgan fingerprint density at radius 3 is 1.88 bits per heavy atom. The van der Waals surface area contributed by atoms with Crippen molar-refractivity contribution in [3.63, 3.8) is 0 Å². The average molecular weight is 225 g/mol. The van der Waals surface area contributed by atoms with E-state index in [1.54, 1.807) is 18.2 Å². The summed E-state index contributed by atoms with van der Waals surface area (Å²) in [6, 6.07) is 4.99. The first-order valence-corrected chi connectivity index (χ1v) is 4.37. The third-order valence-electron chi connectivity index (χ3n) is 1.59. The Balaban J connectivity index is 2.56. The number of hydrogen-bond donors (Lipinski definition) is 2. The van der Waals surface area contributed by atoms with Crippen molar-refractivity contribution in [3.8, 4) is 0 Å². The van der Waals surface area contributed by atoms with E-state index in [1.807, 2.05) is 0 Å². The number of carbonyl (C=O) groups excluding carboxylic acids is 2. The first-order valence-electron chi connectivity index (χ1n) is 4.37. The number of aromatic nitrogens is 1. The zero-order chi connectivity index (χ0) is 12.0. The molecule has 0 saturated carbocycles. The largest absolute Gasteiger partial charge is 0.443 e. The van der Waals surface area contributed by atoms with E-state index in [9.17, 15) is 9.59 Å². The molecule has 16 heavy (non-hydrogen) atoms. The molecule has 0 aliphatic carbocycles. The van der Waals surface area contributed by atoms with Crippen LogP contribution < -0.4 is 11.5 Å². The van der Waals surface area contributed by atoms with Gasteiger partial charge in [-0.05, 0) is 12.1 Å². The molecule has 0 atom stereocenters. The molecule has 0 bridgehead atoms. The average Bonchev–Trinajstić information content (AvgIpc) is 2.24. The Morgan fingerprint density at radius 1 is 1.06 bits per heavy atom. The zero-order valence-corrected chi connectivity index (χ0v) is 8.38. The van der Waals surface area contributed by atoms with Crippen molar-refractivity contribution in [2.45, 2.75) is 13.2 Å². The van der Waals surface area contributed by atoms with Crippen LogP contribution in [0.15, 0.2) is 18.2 Å². The van der Waals surface area contributed by atoms with Crippen LogP contribution in [0.4, 0.5) is 9.59 Å². The van der Waals surface area contributed by atoms with Crippen molar-refractivity contribution in [1.29, 1.82) is 0 Å². The molecule has 0 aliphatic heterocycles. The van der Waals surface area contributed by atoms with Crippen LogP contribution in [0.1, 0.15) is 11.4 Å². The molecule has 0 aromatic carbocycles. The van der Waals surface area contributed by atoms with Crippen molar-refractivity contribution < 1.29 is 19.1 Å². The minimum Gasteiger partial charge on any atom is -0.443 e. The summed E-state index contributed by atoms with van der Waals surface area (Å²) in [5.41, 5.74) is 10.6. The SMILES string of the molecule is NC(=O)OCc1cccc(COC(N)=O)n1. The first-order chi connectivity index (χ1) is 7.58. The Labute approximate surface area is 91.3 Å². The van der Waals surface area contributed by atoms with Crippen molar-refractivity contribution >= 4 is 12.2 Å². The van der Waals surface area contributed by atoms with E-state index in [2.05, 4.69) is 14.5 Å². The van der Waals surface area contributed by atoms with Gasteiger partial charge in [-0.25, -0.2) is 9.59 Å². The van der Waals surface area contributed by atoms with E-state index in [1.165, 1.54) is 0 Å². The maximum Gasteiger partial charge on any atom is 0.404 e. The highest BCUT2D eigenvalue weighted by Crippen LogP contribution is 2.02. The van der Waals surface area contributed by atoms with E-state index >= 15 is 0 Å². The Kier molecular flexibility index (Phi) is 4.07. The van der Waals surface area contributed by atoms with Gasteiger partial charge in [0.25, 0.3) is 0 Å². The lowest BCUT2D eigenvalue weighted by atomic mass is 10.3. The lowest BCUT2D eigenvalue weighted by Gasteiger charge is -2.04. The monoisotopic (exact) mass is 225 g/mol. The molecule has 0 fully saturated rings. The number of amides is 2. The Morgan fingerprint density at radius 2 is 1.50 bits per heavy atom. The number of nitrogens with two attached hydrogens (primary N) is 2. The standard InChI is InChI=1S/C9H11N3O4/c10-8(13)15-4-6-2-1-3-7(12-6)5-16-9(11)14/h1-3H,4-5H2,(H2,10,13)(H2,11,14). The maximum atomic E-state index is 10.4. The highest BCUT2D eigenvalue weighted by atomic mass is 16.5. The molecular formula is C9H11N3O4. The number of pyridine rings is 1. The van der Waals surface area contributed by atoms with Gasteiger partial charge in [0.2, 0.25) is 0 Å². The van der Waals surface area contributed by atoms with E-state index in [-0.39, 0.29) is 13.2 Å². The smallest absolute Gasteiger partial charge is 0.404 e. The molecule has 0 unspecified atom stereocenters. The number of primary amides is 2. The molecule has 1 rings (SSSR count). The molecule has 1 aromatic heterocycles. The third-order valence-corrected chi connectivity index (χ3v) is 1.59. The van der Waals surface area contributed by atoms with E-state index in [0.717, 1.165) is 0 Å². The second-order valence-electron chi connectivity index (χ2n) is 2.84. The predicted molar refractivity (Wildman–Crippen MR) is 53.0 cm³/mol. The third kappa shape index (κ3) is 4.27. The van der Waals surface area contributed by atoms with Crippen LogP contribution in [0.3, 0.4) is 0 Å². The Hall–Kier alpha value is -2.31. The fraction of sp³-hybridized carbons (Fsp3) is 0.222. The van der Waals surface area contributed by atoms with Gasteiger partial charge in [-0.1, -0.05) is 6.07 Å². The van der Waals surface area contributed by atoms with E-state index in [4.69, 9.17) is 11.5 Å². The first kappa shape index (κ1) is 11.8. The number of rotatable bonds is 4. The van der Waals surface area contributed by atoms with Crippen LogP contribution in [0.5, 0.6) is 0 Å². The molecule has 1 heterocycles. The lowest BCUT2D eigenvalue weighted by molar-refractivity contribution is 0.146. The highest BCUT2D eigenvalue weighted by molar-refractivity contribution is 5.64. The van der Waals surface area contributed by atoms with Crippen LogP contribution in [-0.4, -0.2) is 17.2 Å². The molecule has 1 aromatic rings. The van der Waals surface area contributed by atoms with Crippen molar-refractivity contribution in [3.05, 3.63) is 29.6 Å². The van der Waals surface area contributed by atoms with Crippen molar-refractivity contribution in [2.24, 2.45) is 11.5 Å². The lowest BCUT2D eigenvalue weighted by Crippen LogP contribution is -2.14. The van der Waals surface area contributed by atoms with E-state index < -0.39 is 12.2 Å². The quantitative estimate of drug-likeness (QED) is 0.762. The predicted octanol–water partition coefficient (Wildman–Crippen LogP) is 0.272. The van der Waals surface area contributed by atoms with Gasteiger partial charge in [0, 0.05) is 0 Å². The van der Waals surface area contributed by atoms with Crippen LogP contribution in [0.2, 0.25) is 0 Å². The normalized spacial score (nSPS) is 9.50. The number of nitrogens with zero attached hydrogens (tertiary/aromatic N) is 1. The molecule has 0 spiro atoms. The second kappa shape index (κ2) is 5.54. The molecular weight excluding hydrogens is 214 g/mol. The van der Waals surface area contributed by atoms with Gasteiger partial charge in [0.15, 0.2) is 0 Å². The molecule has 4 N–H and O–H groups in total. The summed E-state index contributed by atoms with van der Waals surface area (Å²) in [4.78, 5) is 24.8. The van der Waals surface area contributed by atoms with Gasteiger partial charge in [0.1, 0.15) is 13.2 Å². The molecule has 7 nitrogen and oxygen atoms in total. The van der Waals surface area contributed by atoms with Crippen LogP contribution in [0, 0.1) is 0 Å². The molecule has 2 amide bonds. The maximum absolute atomic E-state index is 10.4. The summed E-state index contributed by atoms with van der Waals surface area (Å²) in [6.45, 7) is -0.0561. The fourth-order valence-electron chi connectivity index (χ4n) is 0.980. The summed E-state index contributed by atoms with van der Waals surface area (Å²) in [7, 11) is 0. The minimum absolute atomic E-state index is 0.0280. The minimum atomic E-state index is -0.874. The van der Waals surface area contributed by atoms with Crippen LogP contribution in [-0.2, 0) is 22.7 Å². The van der Waals surface area contributed by atoms with Crippen LogP contribution in [0.25, 0.3) is 0 Å². The highest BCUT2D eigenvalue weighted by Gasteiger charge is 2.02. The van der Waals surface area contributed by atoms with Gasteiger partial charge in [-0.3, -0.25) is 4.98 Å². The van der Waals surface area contributed by atoms with Gasteiger partial charge >= 0.3 is 12.2 Å². The second-order valence-corrected chi connectivity index (χ2v) is 2.84. The van der Waals surface area contributed by atoms with Gasteiger partial charge in [-0.2, -0.15) is 0 Å². The number of ether oxygens (including phenoxy) is 2. The zero-order valence-electron chi connectivity index (χ0n) is 8.38. The fourth-order valence-corrected chi connectivity index (χ4v) is 0.980. The Bertz CT molecular complexity index is 361. The number of carbonyl (C=O) groups is 2. The van der Waals surface area contributed by atoms with Crippen LogP contribution >= 0.6 is 0 Å². The molecule has 0 radical (unpaired) electrons. The van der Waals surface area contributed by atoms with E-state index in [0.29, 0.717) is 11.4 Å². The molecule has 0 aliphatic rings. The van der Waals surface area contributed by atoms with Crippen molar-refractivity contribution in [2.75, 3.05) is 0 Å². The van der Waals surface area contributed by atoms with Gasteiger partial charge < -0.3 is 20.9 Å². The summed E-state index contributed by atoms with van der Waals surface area (Å²) in [5, 5.41) is 0. The van der Waals surface area contributed by atoms with Gasteiger partial charge in [-0.15, -0.1) is 0 Å². The molecule has 86 valence electrons. The summed E-state index contributed by atoms with van der Waals surface area (Å²) >= 11 is 0. The van der Waals surface area contributed by atoms with Crippen molar-refractivity contribution in [1.82, 2.24) is 4.98 Å². The summed E-state index contributed by atoms with van der Waals surface area (Å²) in [5.74, 6) is 0. The van der Waals surface area contributed by atoms with Gasteiger partial charge in [0.05, 0.1) is 11.4 Å². The summed E-state index contributed by atoms with van der Waals surface area (Å²) < 4.78 is 9.10.